The van der Waals surface area contributed by atoms with E-state index < -0.39 is 11.7 Å². The Balaban J connectivity index is 1.10. The van der Waals surface area contributed by atoms with Gasteiger partial charge in [-0.1, -0.05) is 152 Å². The van der Waals surface area contributed by atoms with Crippen molar-refractivity contribution in [1.29, 1.82) is 0 Å². The topological polar surface area (TPSA) is 13.1 Å². The van der Waals surface area contributed by atoms with Crippen molar-refractivity contribution in [3.63, 3.8) is 0 Å². The average Bonchev–Trinajstić information content (AvgIpc) is 3.44. The first kappa shape index (κ1) is 34.1. The number of alkyl halides is 3. The molecule has 58 heavy (non-hydrogen) atoms. The third-order valence-electron chi connectivity index (χ3n) is 11.7. The fourth-order valence-electron chi connectivity index (χ4n) is 9.17. The fraction of sp³-hybridized carbons (Fsp3) is 0.0370. The Hall–Kier alpha value is -7.17. The minimum Gasteiger partial charge on any atom is -0.456 e. The van der Waals surface area contributed by atoms with Gasteiger partial charge in [0.05, 0.1) is 5.56 Å². The van der Waals surface area contributed by atoms with Crippen molar-refractivity contribution < 1.29 is 17.6 Å². The smallest absolute Gasteiger partial charge is 0.416 e. The molecular weight excluding hydrogens is 722 g/mol. The van der Waals surface area contributed by atoms with E-state index in [4.69, 9.17) is 4.42 Å². The highest BCUT2D eigenvalue weighted by atomic mass is 19.4. The molecule has 0 fully saturated rings. The Morgan fingerprint density at radius 1 is 0.362 bits per heavy atom. The van der Waals surface area contributed by atoms with Crippen LogP contribution in [0.15, 0.2) is 180 Å². The number of allylic oxidation sites excluding steroid dienone is 2. The van der Waals surface area contributed by atoms with Crippen LogP contribution in [0.2, 0.25) is 0 Å². The van der Waals surface area contributed by atoms with Crippen LogP contribution in [0.25, 0.3) is 111 Å². The largest absolute Gasteiger partial charge is 0.456 e. The highest BCUT2D eigenvalue weighted by molar-refractivity contribution is 6.22. The Bertz CT molecular complexity index is 3270. The van der Waals surface area contributed by atoms with Gasteiger partial charge >= 0.3 is 6.18 Å². The second-order valence-electron chi connectivity index (χ2n) is 15.0. The third-order valence-corrected chi connectivity index (χ3v) is 11.7. The molecule has 0 saturated heterocycles. The van der Waals surface area contributed by atoms with Crippen molar-refractivity contribution >= 4 is 66.4 Å². The highest BCUT2D eigenvalue weighted by Crippen LogP contribution is 2.47. The number of hydrogen-bond donors (Lipinski definition) is 0. The second-order valence-corrected chi connectivity index (χ2v) is 15.0. The molecule has 0 radical (unpaired) electrons. The first-order valence-electron chi connectivity index (χ1n) is 19.5. The van der Waals surface area contributed by atoms with Crippen molar-refractivity contribution in [1.82, 2.24) is 0 Å². The third kappa shape index (κ3) is 5.40. The zero-order valence-electron chi connectivity index (χ0n) is 31.1. The van der Waals surface area contributed by atoms with Gasteiger partial charge in [0.15, 0.2) is 0 Å². The molecule has 0 unspecified atom stereocenters. The zero-order chi connectivity index (χ0) is 39.0. The van der Waals surface area contributed by atoms with Gasteiger partial charge in [0.25, 0.3) is 0 Å². The number of benzene rings is 9. The summed E-state index contributed by atoms with van der Waals surface area (Å²) in [6.45, 7) is 0. The van der Waals surface area contributed by atoms with E-state index in [1.165, 1.54) is 50.7 Å². The number of rotatable bonds is 4. The lowest BCUT2D eigenvalue weighted by molar-refractivity contribution is -0.137. The molecule has 1 aliphatic carbocycles. The Morgan fingerprint density at radius 3 is 1.38 bits per heavy atom. The van der Waals surface area contributed by atoms with Crippen molar-refractivity contribution in [3.8, 4) is 44.5 Å². The maximum atomic E-state index is 13.5. The lowest BCUT2D eigenvalue weighted by Gasteiger charge is -2.20. The molecule has 11 rings (SSSR count). The van der Waals surface area contributed by atoms with E-state index in [9.17, 15) is 13.2 Å². The first-order chi connectivity index (χ1) is 28.4. The molecule has 0 amide bonds. The zero-order valence-corrected chi connectivity index (χ0v) is 31.1. The summed E-state index contributed by atoms with van der Waals surface area (Å²) in [5, 5.41) is 8.46. The van der Waals surface area contributed by atoms with Gasteiger partial charge in [0.1, 0.15) is 11.2 Å². The van der Waals surface area contributed by atoms with Crippen molar-refractivity contribution in [2.75, 3.05) is 0 Å². The molecule has 0 aliphatic heterocycles. The first-order valence-corrected chi connectivity index (χ1v) is 19.5. The van der Waals surface area contributed by atoms with Gasteiger partial charge in [-0.05, 0) is 131 Å². The summed E-state index contributed by atoms with van der Waals surface area (Å²) in [7, 11) is 0. The molecule has 1 nitrogen and oxygen atoms in total. The molecular formula is C54H33F3O. The number of hydrogen-bond acceptors (Lipinski definition) is 1. The summed E-state index contributed by atoms with van der Waals surface area (Å²) in [6.07, 6.45) is 5.49. The molecule has 4 heteroatoms. The normalized spacial score (nSPS) is 12.9. The van der Waals surface area contributed by atoms with E-state index in [-0.39, 0.29) is 0 Å². The molecule has 0 N–H and O–H groups in total. The minimum atomic E-state index is -4.40. The number of fused-ring (bicyclic) bond motifs is 7. The van der Waals surface area contributed by atoms with Gasteiger partial charge in [0.2, 0.25) is 0 Å². The van der Waals surface area contributed by atoms with Crippen LogP contribution < -0.4 is 0 Å². The standard InChI is InChI=1S/C54H33F3O/c55-54(56,57)37-27-23-34(24-28-37)51-41-18-8-10-20-44(41)52(45-21-11-9-19-42(45)51)35-26-30-48-47(31-35)38-29-25-36(32-49(38)58-48)53-43-16-6-2-5-15-39(43)50(33-13-3-1-4-14-33)40-17-7-12-22-46(40)53/h1,3-32H,2H2. The summed E-state index contributed by atoms with van der Waals surface area (Å²) in [4.78, 5) is 0. The maximum absolute atomic E-state index is 13.5. The fourth-order valence-corrected chi connectivity index (χ4v) is 9.17. The van der Waals surface area contributed by atoms with Gasteiger partial charge in [-0.15, -0.1) is 0 Å². The SMILES string of the molecule is FC(F)(F)c1ccc(-c2c3ccccc3c(-c3ccc4oc5cc(-c6c7c(c(-c8ccccc8)c8ccccc68)C=CCC=C7)ccc5c4c3)c3ccccc23)cc1. The predicted octanol–water partition coefficient (Wildman–Crippen LogP) is 16.2. The number of halogens is 3. The van der Waals surface area contributed by atoms with Crippen LogP contribution in [0.5, 0.6) is 0 Å². The lowest BCUT2D eigenvalue weighted by atomic mass is 9.83. The van der Waals surface area contributed by atoms with E-state index in [1.54, 1.807) is 12.1 Å². The summed E-state index contributed by atoms with van der Waals surface area (Å²) in [5.41, 5.74) is 11.8. The van der Waals surface area contributed by atoms with E-state index >= 15 is 0 Å². The molecule has 9 aromatic carbocycles. The molecule has 0 saturated carbocycles. The van der Waals surface area contributed by atoms with Crippen LogP contribution in [0, 0.1) is 0 Å². The Morgan fingerprint density at radius 2 is 0.810 bits per heavy atom. The quantitative estimate of drug-likeness (QED) is 0.163. The van der Waals surface area contributed by atoms with Crippen LogP contribution >= 0.6 is 0 Å². The maximum Gasteiger partial charge on any atom is 0.416 e. The van der Waals surface area contributed by atoms with Crippen molar-refractivity contribution in [3.05, 3.63) is 193 Å². The van der Waals surface area contributed by atoms with E-state index in [1.807, 2.05) is 24.3 Å². The van der Waals surface area contributed by atoms with E-state index in [0.29, 0.717) is 0 Å². The van der Waals surface area contributed by atoms with E-state index in [2.05, 4.69) is 140 Å². The van der Waals surface area contributed by atoms with Crippen molar-refractivity contribution in [2.24, 2.45) is 0 Å². The van der Waals surface area contributed by atoms with Gasteiger partial charge in [-0.3, -0.25) is 0 Å². The Kier molecular flexibility index (Phi) is 7.77. The summed E-state index contributed by atoms with van der Waals surface area (Å²) in [5.74, 6) is 0. The van der Waals surface area contributed by atoms with Crippen LogP contribution in [0.3, 0.4) is 0 Å². The van der Waals surface area contributed by atoms with Crippen LogP contribution in [-0.2, 0) is 6.18 Å². The molecule has 0 bridgehead atoms. The Labute approximate surface area is 332 Å². The molecule has 10 aromatic rings. The summed E-state index contributed by atoms with van der Waals surface area (Å²) < 4.78 is 47.3. The van der Waals surface area contributed by atoms with E-state index in [0.717, 1.165) is 77.7 Å². The summed E-state index contributed by atoms with van der Waals surface area (Å²) in [6, 6.07) is 54.2. The minimum absolute atomic E-state index is 0.660. The molecule has 276 valence electrons. The predicted molar refractivity (Wildman–Crippen MR) is 236 cm³/mol. The second kappa shape index (κ2) is 13.2. The lowest BCUT2D eigenvalue weighted by Crippen LogP contribution is -2.04. The van der Waals surface area contributed by atoms with Crippen LogP contribution in [0.4, 0.5) is 13.2 Å². The molecule has 1 aliphatic rings. The van der Waals surface area contributed by atoms with Gasteiger partial charge < -0.3 is 4.42 Å². The molecule has 1 heterocycles. The highest BCUT2D eigenvalue weighted by Gasteiger charge is 2.30. The monoisotopic (exact) mass is 754 g/mol. The average molecular weight is 755 g/mol. The van der Waals surface area contributed by atoms with Gasteiger partial charge in [-0.2, -0.15) is 13.2 Å². The van der Waals surface area contributed by atoms with Crippen molar-refractivity contribution in [2.45, 2.75) is 12.6 Å². The molecule has 1 aromatic heterocycles. The van der Waals surface area contributed by atoms with Gasteiger partial charge in [0, 0.05) is 10.8 Å². The molecule has 0 atom stereocenters. The molecule has 0 spiro atoms. The van der Waals surface area contributed by atoms with Gasteiger partial charge in [-0.25, -0.2) is 0 Å². The van der Waals surface area contributed by atoms with Crippen LogP contribution in [0.1, 0.15) is 23.1 Å². The summed E-state index contributed by atoms with van der Waals surface area (Å²) >= 11 is 0. The van der Waals surface area contributed by atoms with Crippen LogP contribution in [-0.4, -0.2) is 0 Å². The number of furan rings is 1.